The second-order valence-corrected chi connectivity index (χ2v) is 4.77. The lowest BCUT2D eigenvalue weighted by Gasteiger charge is -2.41. The van der Waals surface area contributed by atoms with Gasteiger partial charge in [0.25, 0.3) is 0 Å². The van der Waals surface area contributed by atoms with Gasteiger partial charge in [-0.25, -0.2) is 14.4 Å². The van der Waals surface area contributed by atoms with Crippen LogP contribution < -0.4 is 5.32 Å². The second-order valence-electron chi connectivity index (χ2n) is 4.77. The maximum absolute atomic E-state index is 13.9. The van der Waals surface area contributed by atoms with Crippen molar-refractivity contribution in [2.24, 2.45) is 0 Å². The average molecular weight is 247 g/mol. The van der Waals surface area contributed by atoms with Gasteiger partial charge < -0.3 is 10.4 Å². The molecular weight excluding hydrogens is 233 g/mol. The van der Waals surface area contributed by atoms with Crippen LogP contribution in [0.25, 0.3) is 10.9 Å². The molecule has 0 atom stereocenters. The molecule has 4 nitrogen and oxygen atoms in total. The van der Waals surface area contributed by atoms with Gasteiger partial charge in [-0.1, -0.05) is 6.07 Å². The van der Waals surface area contributed by atoms with E-state index in [0.717, 1.165) is 19.3 Å². The first kappa shape index (κ1) is 11.3. The van der Waals surface area contributed by atoms with Crippen LogP contribution in [-0.4, -0.2) is 27.2 Å². The third-order valence-electron chi connectivity index (χ3n) is 3.61. The van der Waals surface area contributed by atoms with Gasteiger partial charge in [0.05, 0.1) is 23.0 Å². The van der Waals surface area contributed by atoms with Crippen molar-refractivity contribution in [2.75, 3.05) is 11.9 Å². The van der Waals surface area contributed by atoms with Crippen LogP contribution >= 0.6 is 0 Å². The van der Waals surface area contributed by atoms with E-state index in [1.165, 1.54) is 12.4 Å². The molecule has 2 N–H and O–H groups in total. The molecule has 2 aromatic rings. The Morgan fingerprint density at radius 3 is 2.83 bits per heavy atom. The van der Waals surface area contributed by atoms with E-state index in [1.807, 2.05) is 0 Å². The van der Waals surface area contributed by atoms with Crippen molar-refractivity contribution in [2.45, 2.75) is 24.8 Å². The van der Waals surface area contributed by atoms with E-state index < -0.39 is 0 Å². The van der Waals surface area contributed by atoms with Gasteiger partial charge in [-0.2, -0.15) is 0 Å². The van der Waals surface area contributed by atoms with Gasteiger partial charge in [-0.05, 0) is 31.4 Å². The van der Waals surface area contributed by atoms with E-state index in [9.17, 15) is 9.50 Å². The number of fused-ring (bicyclic) bond motifs is 1. The number of nitrogens with zero attached hydrogens (tertiary/aromatic N) is 2. The summed E-state index contributed by atoms with van der Waals surface area (Å²) in [5.41, 5.74) is 0.226. The van der Waals surface area contributed by atoms with Gasteiger partial charge in [-0.3, -0.25) is 0 Å². The van der Waals surface area contributed by atoms with Crippen LogP contribution in [0.5, 0.6) is 0 Å². The Morgan fingerprint density at radius 1 is 1.33 bits per heavy atom. The van der Waals surface area contributed by atoms with Crippen molar-refractivity contribution in [3.8, 4) is 0 Å². The molecule has 1 aliphatic rings. The minimum atomic E-state index is -0.344. The van der Waals surface area contributed by atoms with Crippen molar-refractivity contribution >= 4 is 16.7 Å². The molecule has 3 rings (SSSR count). The minimum Gasteiger partial charge on any atom is -0.394 e. The highest BCUT2D eigenvalue weighted by molar-refractivity contribution is 5.89. The fourth-order valence-electron chi connectivity index (χ4n) is 2.34. The third-order valence-corrected chi connectivity index (χ3v) is 3.61. The molecule has 0 unspecified atom stereocenters. The lowest BCUT2D eigenvalue weighted by atomic mass is 9.77. The normalized spacial score (nSPS) is 17.4. The third kappa shape index (κ3) is 1.71. The Hall–Kier alpha value is -1.75. The van der Waals surface area contributed by atoms with Crippen molar-refractivity contribution in [3.63, 3.8) is 0 Å². The average Bonchev–Trinajstić information content (AvgIpc) is 2.34. The number of aliphatic hydroxyl groups excluding tert-OH is 1. The number of anilines is 1. The molecule has 0 aliphatic heterocycles. The number of nitrogens with one attached hydrogen (secondary N) is 1. The number of halogens is 1. The van der Waals surface area contributed by atoms with Gasteiger partial charge in [0.2, 0.25) is 0 Å². The standard InChI is InChI=1S/C13H14FN3O/c14-9-3-1-4-10-11(9)12(16-8-15-10)17-13(7-18)5-2-6-13/h1,3-4,8,18H,2,5-7H2,(H,15,16,17). The molecular formula is C13H14FN3O. The Balaban J connectivity index is 2.06. The van der Waals surface area contributed by atoms with Crippen molar-refractivity contribution in [1.29, 1.82) is 0 Å². The molecule has 94 valence electrons. The van der Waals surface area contributed by atoms with Crippen LogP contribution in [0, 0.1) is 5.82 Å². The van der Waals surface area contributed by atoms with Crippen molar-refractivity contribution in [1.82, 2.24) is 9.97 Å². The molecule has 0 amide bonds. The molecule has 1 aliphatic carbocycles. The number of hydrogen-bond donors (Lipinski definition) is 2. The summed E-state index contributed by atoms with van der Waals surface area (Å²) in [4.78, 5) is 8.16. The van der Waals surface area contributed by atoms with E-state index in [4.69, 9.17) is 0 Å². The maximum atomic E-state index is 13.9. The zero-order valence-corrected chi connectivity index (χ0v) is 9.86. The first-order valence-corrected chi connectivity index (χ1v) is 6.02. The number of hydrogen-bond acceptors (Lipinski definition) is 4. The molecule has 0 saturated heterocycles. The van der Waals surface area contributed by atoms with E-state index in [-0.39, 0.29) is 18.0 Å². The molecule has 1 aromatic heterocycles. The predicted molar refractivity (Wildman–Crippen MR) is 66.8 cm³/mol. The summed E-state index contributed by atoms with van der Waals surface area (Å²) >= 11 is 0. The van der Waals surface area contributed by atoms with E-state index in [1.54, 1.807) is 12.1 Å². The summed E-state index contributed by atoms with van der Waals surface area (Å²) in [6.07, 6.45) is 4.24. The van der Waals surface area contributed by atoms with E-state index >= 15 is 0 Å². The molecule has 0 spiro atoms. The summed E-state index contributed by atoms with van der Waals surface area (Å²) in [5.74, 6) is 0.120. The Labute approximate surface area is 104 Å². The smallest absolute Gasteiger partial charge is 0.140 e. The summed E-state index contributed by atoms with van der Waals surface area (Å²) < 4.78 is 13.9. The molecule has 1 fully saturated rings. The number of benzene rings is 1. The topological polar surface area (TPSA) is 58.0 Å². The lowest BCUT2D eigenvalue weighted by molar-refractivity contribution is 0.144. The second kappa shape index (κ2) is 4.17. The molecule has 0 bridgehead atoms. The van der Waals surface area contributed by atoms with Crippen LogP contribution in [0.4, 0.5) is 10.2 Å². The van der Waals surface area contributed by atoms with Gasteiger partial charge >= 0.3 is 0 Å². The SMILES string of the molecule is OCC1(Nc2ncnc3cccc(F)c23)CCC1. The van der Waals surface area contributed by atoms with Crippen LogP contribution in [0.3, 0.4) is 0 Å². The Morgan fingerprint density at radius 2 is 2.17 bits per heavy atom. The molecule has 1 aromatic carbocycles. The highest BCUT2D eigenvalue weighted by atomic mass is 19.1. The summed E-state index contributed by atoms with van der Waals surface area (Å²) in [6.45, 7) is 0.0347. The van der Waals surface area contributed by atoms with Crippen LogP contribution in [0.15, 0.2) is 24.5 Å². The fraction of sp³-hybridized carbons (Fsp3) is 0.385. The van der Waals surface area contributed by atoms with Crippen LogP contribution in [0.2, 0.25) is 0 Å². The number of aromatic nitrogens is 2. The molecule has 1 saturated carbocycles. The zero-order valence-electron chi connectivity index (χ0n) is 9.86. The van der Waals surface area contributed by atoms with Crippen molar-refractivity contribution < 1.29 is 9.50 Å². The molecule has 1 heterocycles. The highest BCUT2D eigenvalue weighted by Crippen LogP contribution is 2.36. The van der Waals surface area contributed by atoms with E-state index in [2.05, 4.69) is 15.3 Å². The summed E-state index contributed by atoms with van der Waals surface area (Å²) in [7, 11) is 0. The molecule has 0 radical (unpaired) electrons. The summed E-state index contributed by atoms with van der Waals surface area (Å²) in [6, 6.07) is 4.76. The van der Waals surface area contributed by atoms with E-state index in [0.29, 0.717) is 16.7 Å². The molecule has 5 heteroatoms. The number of rotatable bonds is 3. The summed E-state index contributed by atoms with van der Waals surface area (Å²) in [5, 5.41) is 13.0. The number of aliphatic hydroxyl groups is 1. The quantitative estimate of drug-likeness (QED) is 0.872. The van der Waals surface area contributed by atoms with Gasteiger partial charge in [0, 0.05) is 0 Å². The first-order chi connectivity index (χ1) is 8.74. The van der Waals surface area contributed by atoms with Gasteiger partial charge in [0.1, 0.15) is 18.0 Å². The van der Waals surface area contributed by atoms with Crippen LogP contribution in [-0.2, 0) is 0 Å². The zero-order chi connectivity index (χ0) is 12.6. The van der Waals surface area contributed by atoms with Crippen LogP contribution in [0.1, 0.15) is 19.3 Å². The maximum Gasteiger partial charge on any atom is 0.140 e. The molecule has 18 heavy (non-hydrogen) atoms. The largest absolute Gasteiger partial charge is 0.394 e. The Kier molecular flexibility index (Phi) is 2.63. The predicted octanol–water partition coefficient (Wildman–Crippen LogP) is 2.10. The van der Waals surface area contributed by atoms with Crippen molar-refractivity contribution in [3.05, 3.63) is 30.3 Å². The monoisotopic (exact) mass is 247 g/mol. The first-order valence-electron chi connectivity index (χ1n) is 6.02. The minimum absolute atomic E-state index is 0.0347. The lowest BCUT2D eigenvalue weighted by Crippen LogP contribution is -2.48. The van der Waals surface area contributed by atoms with Gasteiger partial charge in [0.15, 0.2) is 0 Å². The fourth-order valence-corrected chi connectivity index (χ4v) is 2.34. The highest BCUT2D eigenvalue weighted by Gasteiger charge is 2.37. The van der Waals surface area contributed by atoms with Gasteiger partial charge in [-0.15, -0.1) is 0 Å². The Bertz CT molecular complexity index is 573.